The number of carbonyl (C=O) groups excluding carboxylic acids is 3. The molecule has 1 unspecified atom stereocenters. The summed E-state index contributed by atoms with van der Waals surface area (Å²) in [6.07, 6.45) is 8.33. The van der Waals surface area contributed by atoms with Gasteiger partial charge in [0.25, 0.3) is 0 Å². The van der Waals surface area contributed by atoms with E-state index in [4.69, 9.17) is 14.2 Å². The summed E-state index contributed by atoms with van der Waals surface area (Å²) in [7, 11) is 0. The van der Waals surface area contributed by atoms with Crippen molar-refractivity contribution >= 4 is 17.9 Å². The van der Waals surface area contributed by atoms with Crippen molar-refractivity contribution in [1.29, 1.82) is 0 Å². The van der Waals surface area contributed by atoms with E-state index < -0.39 is 17.5 Å². The number of esters is 3. The molecule has 4 aliphatic carbocycles. The zero-order valence-corrected chi connectivity index (χ0v) is 23.3. The van der Waals surface area contributed by atoms with Gasteiger partial charge in [0.05, 0.1) is 17.4 Å². The van der Waals surface area contributed by atoms with E-state index in [0.29, 0.717) is 25.4 Å². The summed E-state index contributed by atoms with van der Waals surface area (Å²) in [5.41, 5.74) is -1.18. The molecule has 1 heterocycles. The molecule has 0 aromatic carbocycles. The lowest BCUT2D eigenvalue weighted by molar-refractivity contribution is -0.189. The standard InChI is InChI=1S/C19H32O2.C10H16O4/c1-6-18(2,3)17(20)21-19(4,5)16-14-8-12-7-13(10-14)11-15(16)9-12;1-4-10(2,3)9(12)14-7-5-6-13-8(7)11/h12-16H,6-11H2,1-5H3;7H,4-6H2,1-3H3. The summed E-state index contributed by atoms with van der Waals surface area (Å²) in [6.45, 7) is 16.3. The molecule has 0 spiro atoms. The number of hydrogen-bond donors (Lipinski definition) is 0. The number of cyclic esters (lactones) is 1. The van der Waals surface area contributed by atoms with Gasteiger partial charge in [0.2, 0.25) is 6.10 Å². The van der Waals surface area contributed by atoms with Gasteiger partial charge >= 0.3 is 17.9 Å². The van der Waals surface area contributed by atoms with E-state index in [1.54, 1.807) is 13.8 Å². The fraction of sp³-hybridized carbons (Fsp3) is 0.897. The molecule has 1 aliphatic heterocycles. The Hall–Kier alpha value is -1.59. The highest BCUT2D eigenvalue weighted by Crippen LogP contribution is 2.59. The molecule has 6 nitrogen and oxygen atoms in total. The second-order valence-electron chi connectivity index (χ2n) is 13.3. The van der Waals surface area contributed by atoms with Gasteiger partial charge in [0, 0.05) is 12.3 Å². The third kappa shape index (κ3) is 6.22. The minimum atomic E-state index is -0.687. The van der Waals surface area contributed by atoms with E-state index in [0.717, 1.165) is 30.1 Å². The summed E-state index contributed by atoms with van der Waals surface area (Å²) >= 11 is 0. The zero-order chi connectivity index (χ0) is 26.2. The van der Waals surface area contributed by atoms with E-state index in [-0.39, 0.29) is 23.0 Å². The maximum atomic E-state index is 12.5. The molecule has 0 N–H and O–H groups in total. The molecule has 5 rings (SSSR count). The lowest BCUT2D eigenvalue weighted by Crippen LogP contribution is -2.54. The molecule has 4 bridgehead atoms. The molecular formula is C29H48O6. The summed E-state index contributed by atoms with van der Waals surface area (Å²) < 4.78 is 15.8. The maximum Gasteiger partial charge on any atom is 0.347 e. The lowest BCUT2D eigenvalue weighted by atomic mass is 9.49. The molecule has 1 saturated heterocycles. The molecule has 4 saturated carbocycles. The summed E-state index contributed by atoms with van der Waals surface area (Å²) in [6, 6.07) is 0. The summed E-state index contributed by atoms with van der Waals surface area (Å²) in [5, 5.41) is 0. The first-order chi connectivity index (χ1) is 16.2. The second kappa shape index (κ2) is 10.4. The minimum Gasteiger partial charge on any atom is -0.463 e. The van der Waals surface area contributed by atoms with Gasteiger partial charge in [0.1, 0.15) is 5.60 Å². The third-order valence-electron chi connectivity index (χ3n) is 9.39. The van der Waals surface area contributed by atoms with Crippen LogP contribution in [0.15, 0.2) is 0 Å². The maximum absolute atomic E-state index is 12.5. The Morgan fingerprint density at radius 1 is 0.829 bits per heavy atom. The van der Waals surface area contributed by atoms with Crippen LogP contribution in [0.25, 0.3) is 0 Å². The fourth-order valence-corrected chi connectivity index (χ4v) is 6.67. The first kappa shape index (κ1) is 28.0. The average Bonchev–Trinajstić information content (AvgIpc) is 3.17. The van der Waals surface area contributed by atoms with Crippen molar-refractivity contribution in [2.45, 2.75) is 118 Å². The Bertz CT molecular complexity index is 767. The van der Waals surface area contributed by atoms with Crippen LogP contribution >= 0.6 is 0 Å². The van der Waals surface area contributed by atoms with Gasteiger partial charge < -0.3 is 14.2 Å². The molecule has 35 heavy (non-hydrogen) atoms. The topological polar surface area (TPSA) is 78.9 Å². The van der Waals surface area contributed by atoms with Crippen LogP contribution in [0.1, 0.15) is 107 Å². The van der Waals surface area contributed by atoms with Gasteiger partial charge in [-0.25, -0.2) is 4.79 Å². The van der Waals surface area contributed by atoms with Crippen molar-refractivity contribution in [2.75, 3.05) is 6.61 Å². The van der Waals surface area contributed by atoms with Crippen LogP contribution in [0.2, 0.25) is 0 Å². The van der Waals surface area contributed by atoms with Crippen LogP contribution in [0.3, 0.4) is 0 Å². The van der Waals surface area contributed by atoms with Gasteiger partial charge in [-0.05, 0) is 110 Å². The van der Waals surface area contributed by atoms with Crippen LogP contribution in [0.4, 0.5) is 0 Å². The predicted molar refractivity (Wildman–Crippen MR) is 134 cm³/mol. The largest absolute Gasteiger partial charge is 0.463 e. The number of rotatable bonds is 7. The highest BCUT2D eigenvalue weighted by molar-refractivity contribution is 5.82. The van der Waals surface area contributed by atoms with Crippen LogP contribution in [-0.2, 0) is 28.6 Å². The first-order valence-corrected chi connectivity index (χ1v) is 13.8. The Morgan fingerprint density at radius 3 is 1.74 bits per heavy atom. The van der Waals surface area contributed by atoms with Gasteiger partial charge in [0.15, 0.2) is 0 Å². The van der Waals surface area contributed by atoms with Crippen molar-refractivity contribution in [1.82, 2.24) is 0 Å². The van der Waals surface area contributed by atoms with Gasteiger partial charge in [-0.1, -0.05) is 13.8 Å². The summed E-state index contributed by atoms with van der Waals surface area (Å²) in [4.78, 5) is 35.1. The van der Waals surface area contributed by atoms with E-state index >= 15 is 0 Å². The molecule has 200 valence electrons. The fourth-order valence-electron chi connectivity index (χ4n) is 6.67. The van der Waals surface area contributed by atoms with Crippen molar-refractivity contribution in [2.24, 2.45) is 40.4 Å². The van der Waals surface area contributed by atoms with Gasteiger partial charge in [-0.2, -0.15) is 0 Å². The highest BCUT2D eigenvalue weighted by atomic mass is 16.6. The van der Waals surface area contributed by atoms with E-state index in [9.17, 15) is 14.4 Å². The number of hydrogen-bond acceptors (Lipinski definition) is 6. The highest BCUT2D eigenvalue weighted by Gasteiger charge is 2.54. The number of carbonyl (C=O) groups is 3. The molecule has 5 fully saturated rings. The Morgan fingerprint density at radius 2 is 1.31 bits per heavy atom. The normalized spacial score (nSPS) is 31.9. The van der Waals surface area contributed by atoms with Crippen LogP contribution in [0.5, 0.6) is 0 Å². The quantitative estimate of drug-likeness (QED) is 0.316. The number of ether oxygens (including phenoxy) is 3. The van der Waals surface area contributed by atoms with Crippen LogP contribution < -0.4 is 0 Å². The molecule has 0 amide bonds. The lowest BCUT2D eigenvalue weighted by Gasteiger charge is -2.58. The molecule has 1 atom stereocenters. The molecule has 0 radical (unpaired) electrons. The van der Waals surface area contributed by atoms with Crippen molar-refractivity contribution in [3.05, 3.63) is 0 Å². The molecular weight excluding hydrogens is 444 g/mol. The van der Waals surface area contributed by atoms with E-state index in [1.807, 2.05) is 20.8 Å². The predicted octanol–water partition coefficient (Wildman–Crippen LogP) is 6.10. The second-order valence-corrected chi connectivity index (χ2v) is 13.3. The van der Waals surface area contributed by atoms with E-state index in [2.05, 4.69) is 20.8 Å². The Labute approximate surface area is 212 Å². The zero-order valence-electron chi connectivity index (χ0n) is 23.3. The Balaban J connectivity index is 0.000000214. The van der Waals surface area contributed by atoms with Crippen molar-refractivity contribution < 1.29 is 28.6 Å². The van der Waals surface area contributed by atoms with Crippen LogP contribution in [0, 0.1) is 40.4 Å². The Kier molecular flexibility index (Phi) is 8.33. The van der Waals surface area contributed by atoms with Gasteiger partial charge in [-0.15, -0.1) is 0 Å². The SMILES string of the molecule is CCC(C)(C)C(=O)OC(C)(C)C1C2CC3CC(C2)CC1C3.CCC(C)(C)C(=O)OC1CCOC1=O. The van der Waals surface area contributed by atoms with Crippen LogP contribution in [-0.4, -0.2) is 36.2 Å². The van der Waals surface area contributed by atoms with E-state index in [1.165, 1.54) is 32.1 Å². The molecule has 5 aliphatic rings. The molecule has 6 heteroatoms. The third-order valence-corrected chi connectivity index (χ3v) is 9.39. The molecule has 0 aromatic rings. The van der Waals surface area contributed by atoms with Gasteiger partial charge in [-0.3, -0.25) is 9.59 Å². The van der Waals surface area contributed by atoms with Crippen molar-refractivity contribution in [3.63, 3.8) is 0 Å². The summed E-state index contributed by atoms with van der Waals surface area (Å²) in [5.74, 6) is 3.37. The van der Waals surface area contributed by atoms with Crippen molar-refractivity contribution in [3.8, 4) is 0 Å². The molecule has 0 aromatic heterocycles. The monoisotopic (exact) mass is 492 g/mol. The first-order valence-electron chi connectivity index (χ1n) is 13.8. The average molecular weight is 493 g/mol. The minimum absolute atomic E-state index is 0.0104. The smallest absolute Gasteiger partial charge is 0.347 e.